The Labute approximate surface area is 198 Å². The molecule has 3 aliphatic rings. The van der Waals surface area contributed by atoms with Crippen LogP contribution in [0, 0.1) is 23.2 Å². The molecule has 4 rings (SSSR count). The van der Waals surface area contributed by atoms with E-state index in [4.69, 9.17) is 5.26 Å². The van der Waals surface area contributed by atoms with Crippen LogP contribution < -0.4 is 5.32 Å². The number of likely N-dealkylation sites (tertiary alicyclic amines) is 1. The molecule has 0 spiro atoms. The van der Waals surface area contributed by atoms with Crippen molar-refractivity contribution in [3.8, 4) is 6.07 Å². The van der Waals surface area contributed by atoms with Crippen molar-refractivity contribution in [3.05, 3.63) is 29.8 Å². The van der Waals surface area contributed by atoms with Crippen molar-refractivity contribution in [1.82, 2.24) is 14.5 Å². The molecule has 0 aromatic heterocycles. The predicted molar refractivity (Wildman–Crippen MR) is 127 cm³/mol. The Balaban J connectivity index is 1.20. The van der Waals surface area contributed by atoms with Crippen molar-refractivity contribution >= 4 is 15.9 Å². The molecule has 7 nitrogen and oxygen atoms in total. The number of rotatable bonds is 6. The van der Waals surface area contributed by atoms with Gasteiger partial charge >= 0.3 is 0 Å². The highest BCUT2D eigenvalue weighted by atomic mass is 32.2. The van der Waals surface area contributed by atoms with Crippen LogP contribution >= 0.6 is 0 Å². The molecule has 180 valence electrons. The zero-order valence-corrected chi connectivity index (χ0v) is 20.2. The fraction of sp³-hybridized carbons (Fsp3) is 0.680. The van der Waals surface area contributed by atoms with Gasteiger partial charge in [0.25, 0.3) is 0 Å². The van der Waals surface area contributed by atoms with Gasteiger partial charge in [0.1, 0.15) is 0 Å². The van der Waals surface area contributed by atoms with E-state index >= 15 is 0 Å². The van der Waals surface area contributed by atoms with Gasteiger partial charge in [-0.05, 0) is 68.7 Å². The molecule has 1 aromatic rings. The molecule has 8 heteroatoms. The van der Waals surface area contributed by atoms with Crippen LogP contribution in [0.1, 0.15) is 63.4 Å². The Morgan fingerprint density at radius 2 is 1.58 bits per heavy atom. The summed E-state index contributed by atoms with van der Waals surface area (Å²) >= 11 is 0. The standard InChI is InChI=1S/C25H36N4O3S/c26-18-20-6-8-24(9-7-20)33(31,32)29-16-10-22(11-17-29)25(30)27-23-12-14-28(15-13-23)19-21-4-2-1-3-5-21/h6-9,21-23H,1-5,10-17,19H2,(H,27,30). The van der Waals surface area contributed by atoms with E-state index in [2.05, 4.69) is 10.2 Å². The van der Waals surface area contributed by atoms with Crippen LogP contribution in [0.2, 0.25) is 0 Å². The van der Waals surface area contributed by atoms with Gasteiger partial charge in [-0.1, -0.05) is 19.3 Å². The molecule has 3 fully saturated rings. The summed E-state index contributed by atoms with van der Waals surface area (Å²) < 4.78 is 27.2. The highest BCUT2D eigenvalue weighted by molar-refractivity contribution is 7.89. The second kappa shape index (κ2) is 11.0. The maximum absolute atomic E-state index is 12.9. The topological polar surface area (TPSA) is 93.5 Å². The molecule has 0 bridgehead atoms. The summed E-state index contributed by atoms with van der Waals surface area (Å²) in [5.74, 6) is 0.810. The number of amides is 1. The molecule has 1 N–H and O–H groups in total. The summed E-state index contributed by atoms with van der Waals surface area (Å²) in [6, 6.07) is 8.24. The number of hydrogen-bond acceptors (Lipinski definition) is 5. The molecule has 1 aromatic carbocycles. The van der Waals surface area contributed by atoms with Crippen molar-refractivity contribution < 1.29 is 13.2 Å². The Morgan fingerprint density at radius 3 is 2.18 bits per heavy atom. The molecule has 2 heterocycles. The summed E-state index contributed by atoms with van der Waals surface area (Å²) in [5.41, 5.74) is 0.434. The van der Waals surface area contributed by atoms with Crippen LogP contribution in [0.4, 0.5) is 0 Å². The van der Waals surface area contributed by atoms with Gasteiger partial charge in [0.2, 0.25) is 15.9 Å². The van der Waals surface area contributed by atoms with Gasteiger partial charge in [-0.2, -0.15) is 9.57 Å². The van der Waals surface area contributed by atoms with Gasteiger partial charge < -0.3 is 10.2 Å². The van der Waals surface area contributed by atoms with Crippen LogP contribution in [0.5, 0.6) is 0 Å². The van der Waals surface area contributed by atoms with Gasteiger partial charge in [0.15, 0.2) is 0 Å². The molecule has 0 unspecified atom stereocenters. The van der Waals surface area contributed by atoms with E-state index < -0.39 is 10.0 Å². The van der Waals surface area contributed by atoms with E-state index in [1.807, 2.05) is 6.07 Å². The van der Waals surface area contributed by atoms with Crippen molar-refractivity contribution in [1.29, 1.82) is 5.26 Å². The molecule has 0 atom stereocenters. The van der Waals surface area contributed by atoms with Crippen molar-refractivity contribution in [2.45, 2.75) is 68.7 Å². The lowest BCUT2D eigenvalue weighted by atomic mass is 9.88. The molecule has 2 aliphatic heterocycles. The monoisotopic (exact) mass is 472 g/mol. The van der Waals surface area contributed by atoms with Crippen molar-refractivity contribution in [3.63, 3.8) is 0 Å². The first kappa shape index (κ1) is 24.2. The number of nitrogens with zero attached hydrogens (tertiary/aromatic N) is 3. The summed E-state index contributed by atoms with van der Waals surface area (Å²) in [7, 11) is -3.60. The maximum atomic E-state index is 12.9. The van der Waals surface area contributed by atoms with Crippen LogP contribution in [0.25, 0.3) is 0 Å². The number of nitriles is 1. The summed E-state index contributed by atoms with van der Waals surface area (Å²) in [5, 5.41) is 12.2. The SMILES string of the molecule is N#Cc1ccc(S(=O)(=O)N2CCC(C(=O)NC3CCN(CC4CCCCC4)CC3)CC2)cc1. The fourth-order valence-electron chi connectivity index (χ4n) is 5.52. The molecule has 1 aliphatic carbocycles. The van der Waals surface area contributed by atoms with E-state index in [1.165, 1.54) is 67.2 Å². The second-order valence-corrected chi connectivity index (χ2v) is 11.8. The number of sulfonamides is 1. The quantitative estimate of drug-likeness (QED) is 0.687. The highest BCUT2D eigenvalue weighted by Crippen LogP contribution is 2.27. The summed E-state index contributed by atoms with van der Waals surface area (Å²) in [4.78, 5) is 15.6. The molecule has 1 amide bonds. The number of piperidine rings is 2. The van der Waals surface area contributed by atoms with E-state index in [-0.39, 0.29) is 22.8 Å². The Bertz CT molecular complexity index is 935. The third kappa shape index (κ3) is 6.14. The average Bonchev–Trinajstić information content (AvgIpc) is 2.86. The lowest BCUT2D eigenvalue weighted by Gasteiger charge is -2.36. The first-order valence-corrected chi connectivity index (χ1v) is 13.9. The largest absolute Gasteiger partial charge is 0.353 e. The molecule has 33 heavy (non-hydrogen) atoms. The van der Waals surface area contributed by atoms with Crippen LogP contribution in [0.15, 0.2) is 29.2 Å². The number of hydrogen-bond donors (Lipinski definition) is 1. The smallest absolute Gasteiger partial charge is 0.243 e. The van der Waals surface area contributed by atoms with Crippen LogP contribution in [-0.2, 0) is 14.8 Å². The number of nitrogens with one attached hydrogen (secondary N) is 1. The van der Waals surface area contributed by atoms with Crippen LogP contribution in [-0.4, -0.2) is 62.3 Å². The van der Waals surface area contributed by atoms with Gasteiger partial charge in [0, 0.05) is 44.7 Å². The zero-order valence-electron chi connectivity index (χ0n) is 19.4. The number of carbonyl (C=O) groups excluding carboxylic acids is 1. The van der Waals surface area contributed by atoms with E-state index in [0.29, 0.717) is 31.5 Å². The van der Waals surface area contributed by atoms with Crippen molar-refractivity contribution in [2.24, 2.45) is 11.8 Å². The number of benzene rings is 1. The lowest BCUT2D eigenvalue weighted by molar-refractivity contribution is -0.127. The molecule has 2 saturated heterocycles. The minimum absolute atomic E-state index is 0.0798. The molecular weight excluding hydrogens is 436 g/mol. The first-order chi connectivity index (χ1) is 16.0. The van der Waals surface area contributed by atoms with E-state index in [1.54, 1.807) is 0 Å². The normalized spacial score (nSPS) is 22.6. The van der Waals surface area contributed by atoms with Gasteiger partial charge in [-0.3, -0.25) is 4.79 Å². The fourth-order valence-corrected chi connectivity index (χ4v) is 6.99. The predicted octanol–water partition coefficient (Wildman–Crippen LogP) is 3.12. The van der Waals surface area contributed by atoms with Gasteiger partial charge in [-0.25, -0.2) is 8.42 Å². The highest BCUT2D eigenvalue weighted by Gasteiger charge is 2.33. The minimum Gasteiger partial charge on any atom is -0.353 e. The summed E-state index contributed by atoms with van der Waals surface area (Å²) in [6.45, 7) is 4.03. The van der Waals surface area contributed by atoms with E-state index in [0.717, 1.165) is 31.8 Å². The third-order valence-corrected chi connectivity index (χ3v) is 9.53. The number of carbonyl (C=O) groups is 1. The second-order valence-electron chi connectivity index (χ2n) is 9.90. The van der Waals surface area contributed by atoms with Gasteiger partial charge in [-0.15, -0.1) is 0 Å². The average molecular weight is 473 g/mol. The Hall–Kier alpha value is -1.95. The molecular formula is C25H36N4O3S. The van der Waals surface area contributed by atoms with Crippen LogP contribution in [0.3, 0.4) is 0 Å². The Kier molecular flexibility index (Phi) is 8.05. The summed E-state index contributed by atoms with van der Waals surface area (Å²) in [6.07, 6.45) is 9.99. The molecule has 1 saturated carbocycles. The van der Waals surface area contributed by atoms with Gasteiger partial charge in [0.05, 0.1) is 16.5 Å². The minimum atomic E-state index is -3.60. The molecule has 0 radical (unpaired) electrons. The maximum Gasteiger partial charge on any atom is 0.243 e. The first-order valence-electron chi connectivity index (χ1n) is 12.5. The Morgan fingerprint density at radius 1 is 0.939 bits per heavy atom. The van der Waals surface area contributed by atoms with Crippen molar-refractivity contribution in [2.75, 3.05) is 32.7 Å². The zero-order chi connectivity index (χ0) is 23.3. The third-order valence-electron chi connectivity index (χ3n) is 7.62. The van der Waals surface area contributed by atoms with E-state index in [9.17, 15) is 13.2 Å². The lowest BCUT2D eigenvalue weighted by Crippen LogP contribution is -2.49.